The summed E-state index contributed by atoms with van der Waals surface area (Å²) in [5.41, 5.74) is 0.149. The Morgan fingerprint density at radius 2 is 1.54 bits per heavy atom. The van der Waals surface area contributed by atoms with Gasteiger partial charge in [-0.2, -0.15) is 4.98 Å². The van der Waals surface area contributed by atoms with Crippen molar-refractivity contribution in [3.8, 4) is 0 Å². The zero-order valence-electron chi connectivity index (χ0n) is 20.8. The maximum absolute atomic E-state index is 13.2. The number of nitrogens with one attached hydrogen (secondary N) is 1. The van der Waals surface area contributed by atoms with Crippen LogP contribution in [-0.2, 0) is 14.2 Å². The maximum Gasteiger partial charge on any atom is 0.279 e. The average molecular weight is 496 g/mol. The first-order valence-corrected chi connectivity index (χ1v) is 11.9. The van der Waals surface area contributed by atoms with E-state index in [1.165, 1.54) is 0 Å². The molecule has 0 radical (unpaired) electrons. The van der Waals surface area contributed by atoms with Gasteiger partial charge in [0, 0.05) is 60.6 Å². The average Bonchev–Trinajstić information content (AvgIpc) is 2.88. The van der Waals surface area contributed by atoms with E-state index in [1.807, 2.05) is 0 Å². The summed E-state index contributed by atoms with van der Waals surface area (Å²) in [4.78, 5) is 35.8. The first kappa shape index (κ1) is 27.0. The number of fused-ring (bicyclic) bond motifs is 1. The van der Waals surface area contributed by atoms with Crippen LogP contribution >= 0.6 is 0 Å². The molecule has 1 fully saturated rings. The van der Waals surface area contributed by atoms with E-state index in [4.69, 9.17) is 24.2 Å². The molecule has 3 heterocycles. The molecule has 0 atom stereocenters. The lowest BCUT2D eigenvalue weighted by atomic mass is 10.1. The molecule has 1 aliphatic heterocycles. The van der Waals surface area contributed by atoms with Gasteiger partial charge in [-0.05, 0) is 12.8 Å². The summed E-state index contributed by atoms with van der Waals surface area (Å²) in [7, 11) is 4.90. The van der Waals surface area contributed by atoms with Crippen LogP contribution in [0, 0.1) is 0 Å². The highest BCUT2D eigenvalue weighted by atomic mass is 16.5. The van der Waals surface area contributed by atoms with Gasteiger partial charge < -0.3 is 39.1 Å². The Kier molecular flexibility index (Phi) is 10.4. The number of anilines is 3. The molecule has 0 amide bonds. The lowest BCUT2D eigenvalue weighted by molar-refractivity contribution is 0.0818. The fourth-order valence-electron chi connectivity index (χ4n) is 4.08. The molecule has 35 heavy (non-hydrogen) atoms. The molecule has 0 saturated carbocycles. The molecular weight excluding hydrogens is 458 g/mol. The third kappa shape index (κ3) is 6.76. The van der Waals surface area contributed by atoms with Gasteiger partial charge in [-0.1, -0.05) is 0 Å². The molecule has 0 aliphatic carbocycles. The first-order valence-electron chi connectivity index (χ1n) is 11.9. The second kappa shape index (κ2) is 13.5. The van der Waals surface area contributed by atoms with E-state index < -0.39 is 5.56 Å². The zero-order valence-corrected chi connectivity index (χ0v) is 20.8. The third-order valence-corrected chi connectivity index (χ3v) is 6.04. The summed E-state index contributed by atoms with van der Waals surface area (Å²) in [5.74, 6) is 1.21. The SMILES string of the molecule is COCCN(CCO)c1nc(N2CCC(OC)CC2)c2nc(N(CCO)CCOC)[nH]c(=O)c2n1. The number of aromatic amines is 1. The van der Waals surface area contributed by atoms with Crippen molar-refractivity contribution in [3.05, 3.63) is 10.4 Å². The van der Waals surface area contributed by atoms with Gasteiger partial charge in [0.15, 0.2) is 11.3 Å². The molecule has 0 unspecified atom stereocenters. The molecule has 13 heteroatoms. The minimum atomic E-state index is -0.405. The van der Waals surface area contributed by atoms with Crippen molar-refractivity contribution >= 4 is 28.7 Å². The summed E-state index contributed by atoms with van der Waals surface area (Å²) >= 11 is 0. The van der Waals surface area contributed by atoms with Crippen LogP contribution in [0.3, 0.4) is 0 Å². The van der Waals surface area contributed by atoms with Gasteiger partial charge >= 0.3 is 0 Å². The highest BCUT2D eigenvalue weighted by Crippen LogP contribution is 2.28. The standard InChI is InChI=1S/C22H37N7O6/c1-33-14-10-28(8-12-30)21-24-18-17(19(25-21)27-6-4-16(35-3)5-7-27)23-22(26-20(18)32)29(9-13-31)11-15-34-2/h16,30-31H,4-15H2,1-3H3,(H,23,26,32). The van der Waals surface area contributed by atoms with Gasteiger partial charge in [0.25, 0.3) is 5.56 Å². The van der Waals surface area contributed by atoms with Crippen molar-refractivity contribution in [2.24, 2.45) is 0 Å². The summed E-state index contributed by atoms with van der Waals surface area (Å²) in [6.07, 6.45) is 1.82. The quantitative estimate of drug-likeness (QED) is 0.302. The number of ether oxygens (including phenoxy) is 3. The molecule has 1 aliphatic rings. The number of methoxy groups -OCH3 is 3. The molecule has 2 aromatic heterocycles. The molecule has 196 valence electrons. The van der Waals surface area contributed by atoms with E-state index >= 15 is 0 Å². The Hall–Kier alpha value is -2.58. The number of rotatable bonds is 14. The first-order chi connectivity index (χ1) is 17.1. The van der Waals surface area contributed by atoms with Crippen molar-refractivity contribution in [2.75, 3.05) is 102 Å². The molecule has 0 bridgehead atoms. The largest absolute Gasteiger partial charge is 0.395 e. The highest BCUT2D eigenvalue weighted by molar-refractivity contribution is 5.87. The Labute approximate surface area is 204 Å². The Bertz CT molecular complexity index is 983. The van der Waals surface area contributed by atoms with Crippen LogP contribution in [0.15, 0.2) is 4.79 Å². The monoisotopic (exact) mass is 495 g/mol. The summed E-state index contributed by atoms with van der Waals surface area (Å²) in [5, 5.41) is 19.1. The fourth-order valence-corrected chi connectivity index (χ4v) is 4.08. The Morgan fingerprint density at radius 3 is 2.14 bits per heavy atom. The lowest BCUT2D eigenvalue weighted by Gasteiger charge is -2.33. The van der Waals surface area contributed by atoms with Gasteiger partial charge in [0.05, 0.1) is 32.5 Å². The van der Waals surface area contributed by atoms with Crippen LogP contribution in [0.25, 0.3) is 11.0 Å². The number of aliphatic hydroxyl groups excluding tert-OH is 2. The molecular formula is C22H37N7O6. The highest BCUT2D eigenvalue weighted by Gasteiger charge is 2.26. The van der Waals surface area contributed by atoms with E-state index in [0.717, 1.165) is 12.8 Å². The van der Waals surface area contributed by atoms with Crippen molar-refractivity contribution in [2.45, 2.75) is 18.9 Å². The molecule has 3 rings (SSSR count). The van der Waals surface area contributed by atoms with E-state index in [0.29, 0.717) is 69.2 Å². The van der Waals surface area contributed by atoms with E-state index in [9.17, 15) is 15.0 Å². The number of H-pyrrole nitrogens is 1. The maximum atomic E-state index is 13.2. The van der Waals surface area contributed by atoms with Crippen LogP contribution in [-0.4, -0.2) is 123 Å². The molecule has 0 spiro atoms. The van der Waals surface area contributed by atoms with Gasteiger partial charge in [0.2, 0.25) is 11.9 Å². The molecule has 0 aromatic carbocycles. The Balaban J connectivity index is 2.12. The number of aliphatic hydroxyl groups is 2. The van der Waals surface area contributed by atoms with Crippen molar-refractivity contribution in [3.63, 3.8) is 0 Å². The van der Waals surface area contributed by atoms with E-state index in [-0.39, 0.29) is 31.4 Å². The van der Waals surface area contributed by atoms with Crippen LogP contribution in [0.1, 0.15) is 12.8 Å². The second-order valence-corrected chi connectivity index (χ2v) is 8.26. The number of aromatic nitrogens is 4. The topological polar surface area (TPSA) is 149 Å². The van der Waals surface area contributed by atoms with Gasteiger partial charge in [0.1, 0.15) is 5.52 Å². The molecule has 1 saturated heterocycles. The van der Waals surface area contributed by atoms with Gasteiger partial charge in [-0.15, -0.1) is 0 Å². The number of nitrogens with zero attached hydrogens (tertiary/aromatic N) is 6. The number of piperidine rings is 1. The normalized spacial score (nSPS) is 14.6. The minimum absolute atomic E-state index is 0.0944. The van der Waals surface area contributed by atoms with E-state index in [1.54, 1.807) is 31.1 Å². The van der Waals surface area contributed by atoms with E-state index in [2.05, 4.69) is 14.9 Å². The predicted octanol–water partition coefficient (Wildman–Crippen LogP) is -0.781. The van der Waals surface area contributed by atoms with Crippen LogP contribution in [0.2, 0.25) is 0 Å². The van der Waals surface area contributed by atoms with Gasteiger partial charge in [-0.25, -0.2) is 9.97 Å². The summed E-state index contributed by atoms with van der Waals surface area (Å²) in [6, 6.07) is 0. The Morgan fingerprint density at radius 1 is 0.914 bits per heavy atom. The lowest BCUT2D eigenvalue weighted by Crippen LogP contribution is -2.39. The molecule has 13 nitrogen and oxygen atoms in total. The smallest absolute Gasteiger partial charge is 0.279 e. The van der Waals surface area contributed by atoms with Crippen LogP contribution in [0.4, 0.5) is 17.7 Å². The second-order valence-electron chi connectivity index (χ2n) is 8.26. The van der Waals surface area contributed by atoms with Gasteiger partial charge in [-0.3, -0.25) is 9.78 Å². The van der Waals surface area contributed by atoms with Crippen molar-refractivity contribution in [1.82, 2.24) is 19.9 Å². The third-order valence-electron chi connectivity index (χ3n) is 6.04. The zero-order chi connectivity index (χ0) is 25.2. The number of hydrogen-bond donors (Lipinski definition) is 3. The van der Waals surface area contributed by atoms with Crippen molar-refractivity contribution in [1.29, 1.82) is 0 Å². The summed E-state index contributed by atoms with van der Waals surface area (Å²) in [6.45, 7) is 3.49. The van der Waals surface area contributed by atoms with Crippen LogP contribution in [0.5, 0.6) is 0 Å². The molecule has 2 aromatic rings. The van der Waals surface area contributed by atoms with Crippen molar-refractivity contribution < 1.29 is 24.4 Å². The summed E-state index contributed by atoms with van der Waals surface area (Å²) < 4.78 is 15.9. The predicted molar refractivity (Wildman–Crippen MR) is 133 cm³/mol. The fraction of sp³-hybridized carbons (Fsp3) is 0.727. The minimum Gasteiger partial charge on any atom is -0.395 e. The molecule has 3 N–H and O–H groups in total. The number of hydrogen-bond acceptors (Lipinski definition) is 12. The van der Waals surface area contributed by atoms with Crippen LogP contribution < -0.4 is 20.3 Å².